The molecule has 23 heavy (non-hydrogen) atoms. The first kappa shape index (κ1) is 18.6. The van der Waals surface area contributed by atoms with E-state index < -0.39 is 22.5 Å². The van der Waals surface area contributed by atoms with Crippen molar-refractivity contribution in [2.75, 3.05) is 13.2 Å². The molecule has 0 saturated heterocycles. The van der Waals surface area contributed by atoms with Crippen LogP contribution in [0.1, 0.15) is 41.5 Å². The monoisotopic (exact) mass is 324 g/mol. The third-order valence-corrected chi connectivity index (χ3v) is 3.26. The number of benzene rings is 1. The zero-order valence-corrected chi connectivity index (χ0v) is 13.2. The highest BCUT2D eigenvalue weighted by Gasteiger charge is 2.21. The van der Waals surface area contributed by atoms with Gasteiger partial charge in [-0.3, -0.25) is 14.9 Å². The Hall–Kier alpha value is -2.48. The number of carbonyl (C=O) groups is 2. The molecule has 0 fully saturated rings. The van der Waals surface area contributed by atoms with Gasteiger partial charge in [-0.1, -0.05) is 13.8 Å². The van der Waals surface area contributed by atoms with Crippen LogP contribution in [-0.2, 0) is 4.74 Å². The van der Waals surface area contributed by atoms with Crippen molar-refractivity contribution in [3.8, 4) is 0 Å². The number of ether oxygens (including phenoxy) is 1. The fraction of sp³-hybridized carbons (Fsp3) is 0.467. The molecule has 8 nitrogen and oxygen atoms in total. The number of carbonyl (C=O) groups excluding carboxylic acids is 1. The highest BCUT2D eigenvalue weighted by atomic mass is 16.6. The quantitative estimate of drug-likeness (QED) is 0.558. The Morgan fingerprint density at radius 2 is 1.91 bits per heavy atom. The Morgan fingerprint density at radius 1 is 1.30 bits per heavy atom. The molecule has 8 heteroatoms. The van der Waals surface area contributed by atoms with Crippen LogP contribution in [0.2, 0.25) is 0 Å². The summed E-state index contributed by atoms with van der Waals surface area (Å²) in [7, 11) is 0. The second-order valence-electron chi connectivity index (χ2n) is 5.31. The normalized spacial score (nSPS) is 12.0. The summed E-state index contributed by atoms with van der Waals surface area (Å²) in [5, 5.41) is 22.6. The molecule has 0 radical (unpaired) electrons. The van der Waals surface area contributed by atoms with Crippen LogP contribution in [0.5, 0.6) is 0 Å². The summed E-state index contributed by atoms with van der Waals surface area (Å²) in [4.78, 5) is 33.5. The molecule has 0 spiro atoms. The fourth-order valence-electron chi connectivity index (χ4n) is 1.87. The Morgan fingerprint density at radius 3 is 2.39 bits per heavy atom. The third-order valence-electron chi connectivity index (χ3n) is 3.26. The van der Waals surface area contributed by atoms with E-state index in [0.29, 0.717) is 13.2 Å². The summed E-state index contributed by atoms with van der Waals surface area (Å²) in [6, 6.07) is 2.80. The number of nitrogens with zero attached hydrogens (tertiary/aromatic N) is 1. The summed E-state index contributed by atoms with van der Waals surface area (Å²) in [6.45, 7) is 6.44. The number of rotatable bonds is 8. The van der Waals surface area contributed by atoms with Gasteiger partial charge < -0.3 is 15.2 Å². The van der Waals surface area contributed by atoms with Gasteiger partial charge in [-0.15, -0.1) is 0 Å². The Balaban J connectivity index is 3.06. The first-order valence-electron chi connectivity index (χ1n) is 7.17. The Bertz CT molecular complexity index is 567. The number of non-ortho nitro benzene ring substituents is 1. The van der Waals surface area contributed by atoms with Gasteiger partial charge in [0.2, 0.25) is 0 Å². The van der Waals surface area contributed by atoms with Gasteiger partial charge in [-0.05, 0) is 18.9 Å². The maximum Gasteiger partial charge on any atom is 0.335 e. The molecule has 0 saturated carbocycles. The standard InChI is InChI=1S/C15H20N2O6/c1-4-23-8-13(9(2)3)16-14(18)10-5-11(15(19)20)7-12(6-10)17(21)22/h5-7,9,13H,4,8H2,1-3H3,(H,16,18)(H,19,20). The van der Waals surface area contributed by atoms with Gasteiger partial charge in [-0.2, -0.15) is 0 Å². The highest BCUT2D eigenvalue weighted by Crippen LogP contribution is 2.18. The average molecular weight is 324 g/mol. The lowest BCUT2D eigenvalue weighted by molar-refractivity contribution is -0.384. The van der Waals surface area contributed by atoms with E-state index in [1.54, 1.807) is 0 Å². The number of nitro groups is 1. The number of carboxylic acids is 1. The largest absolute Gasteiger partial charge is 0.478 e. The maximum absolute atomic E-state index is 12.3. The van der Waals surface area contributed by atoms with Crippen LogP contribution in [0.25, 0.3) is 0 Å². The Kier molecular flexibility index (Phi) is 6.65. The summed E-state index contributed by atoms with van der Waals surface area (Å²) in [6.07, 6.45) is 0. The number of hydrogen-bond donors (Lipinski definition) is 2. The van der Waals surface area contributed by atoms with E-state index in [9.17, 15) is 19.7 Å². The maximum atomic E-state index is 12.3. The molecular weight excluding hydrogens is 304 g/mol. The molecule has 0 aliphatic carbocycles. The third kappa shape index (κ3) is 5.33. The summed E-state index contributed by atoms with van der Waals surface area (Å²) in [5.74, 6) is -1.82. The smallest absolute Gasteiger partial charge is 0.335 e. The van der Waals surface area contributed by atoms with E-state index in [2.05, 4.69) is 5.32 Å². The van der Waals surface area contributed by atoms with Gasteiger partial charge in [-0.25, -0.2) is 4.79 Å². The topological polar surface area (TPSA) is 119 Å². The Labute approximate surface area is 133 Å². The summed E-state index contributed by atoms with van der Waals surface area (Å²) < 4.78 is 5.30. The summed E-state index contributed by atoms with van der Waals surface area (Å²) >= 11 is 0. The first-order chi connectivity index (χ1) is 10.8. The van der Waals surface area contributed by atoms with Crippen molar-refractivity contribution in [1.82, 2.24) is 5.32 Å². The molecule has 1 unspecified atom stereocenters. The minimum absolute atomic E-state index is 0.0706. The van der Waals surface area contributed by atoms with Crippen LogP contribution in [0.3, 0.4) is 0 Å². The van der Waals surface area contributed by atoms with Crippen molar-refractivity contribution in [1.29, 1.82) is 0 Å². The molecule has 0 aromatic heterocycles. The zero-order chi connectivity index (χ0) is 17.6. The minimum Gasteiger partial charge on any atom is -0.478 e. The number of carboxylic acid groups (broad SMARTS) is 1. The lowest BCUT2D eigenvalue weighted by Crippen LogP contribution is -2.42. The van der Waals surface area contributed by atoms with E-state index in [0.717, 1.165) is 18.2 Å². The van der Waals surface area contributed by atoms with Crippen LogP contribution in [0, 0.1) is 16.0 Å². The summed E-state index contributed by atoms with van der Waals surface area (Å²) in [5.41, 5.74) is -0.824. The molecule has 1 aromatic carbocycles. The van der Waals surface area contributed by atoms with Gasteiger partial charge in [0.1, 0.15) is 0 Å². The van der Waals surface area contributed by atoms with Gasteiger partial charge in [0.05, 0.1) is 23.1 Å². The zero-order valence-electron chi connectivity index (χ0n) is 13.2. The molecule has 0 aliphatic rings. The number of nitro benzene ring substituents is 1. The number of amides is 1. The van der Waals surface area contributed by atoms with E-state index in [4.69, 9.17) is 9.84 Å². The molecule has 1 atom stereocenters. The lowest BCUT2D eigenvalue weighted by Gasteiger charge is -2.22. The second-order valence-corrected chi connectivity index (χ2v) is 5.31. The van der Waals surface area contributed by atoms with Crippen molar-refractivity contribution < 1.29 is 24.4 Å². The van der Waals surface area contributed by atoms with E-state index in [-0.39, 0.29) is 23.1 Å². The number of nitrogens with one attached hydrogen (secondary N) is 1. The molecule has 0 bridgehead atoms. The molecule has 2 N–H and O–H groups in total. The van der Waals surface area contributed by atoms with Crippen LogP contribution in [-0.4, -0.2) is 41.2 Å². The van der Waals surface area contributed by atoms with Crippen molar-refractivity contribution in [3.05, 3.63) is 39.4 Å². The van der Waals surface area contributed by atoms with Crippen molar-refractivity contribution in [2.45, 2.75) is 26.8 Å². The van der Waals surface area contributed by atoms with Crippen molar-refractivity contribution in [2.24, 2.45) is 5.92 Å². The number of hydrogen-bond acceptors (Lipinski definition) is 5. The van der Waals surface area contributed by atoms with Crippen LogP contribution in [0.15, 0.2) is 18.2 Å². The predicted octanol–water partition coefficient (Wildman–Crippen LogP) is 2.08. The molecule has 0 aliphatic heterocycles. The minimum atomic E-state index is -1.34. The molecule has 1 aromatic rings. The van der Waals surface area contributed by atoms with Crippen LogP contribution < -0.4 is 5.32 Å². The predicted molar refractivity (Wildman–Crippen MR) is 82.6 cm³/mol. The second kappa shape index (κ2) is 8.23. The van der Waals surface area contributed by atoms with Gasteiger partial charge in [0, 0.05) is 24.3 Å². The van der Waals surface area contributed by atoms with E-state index in [1.165, 1.54) is 0 Å². The van der Waals surface area contributed by atoms with Crippen molar-refractivity contribution >= 4 is 17.6 Å². The van der Waals surface area contributed by atoms with E-state index >= 15 is 0 Å². The van der Waals surface area contributed by atoms with Gasteiger partial charge >= 0.3 is 5.97 Å². The highest BCUT2D eigenvalue weighted by molar-refractivity contribution is 5.98. The van der Waals surface area contributed by atoms with Crippen LogP contribution >= 0.6 is 0 Å². The average Bonchev–Trinajstić information content (AvgIpc) is 2.50. The van der Waals surface area contributed by atoms with Gasteiger partial charge in [0.25, 0.3) is 11.6 Å². The van der Waals surface area contributed by atoms with Gasteiger partial charge in [0.15, 0.2) is 0 Å². The molecule has 126 valence electrons. The first-order valence-corrected chi connectivity index (χ1v) is 7.17. The lowest BCUT2D eigenvalue weighted by atomic mass is 10.0. The molecular formula is C15H20N2O6. The fourth-order valence-corrected chi connectivity index (χ4v) is 1.87. The SMILES string of the molecule is CCOCC(NC(=O)c1cc(C(=O)O)cc([N+](=O)[O-])c1)C(C)C. The molecule has 0 heterocycles. The van der Waals surface area contributed by atoms with Crippen molar-refractivity contribution in [3.63, 3.8) is 0 Å². The molecule has 1 amide bonds. The van der Waals surface area contributed by atoms with Crippen LogP contribution in [0.4, 0.5) is 5.69 Å². The molecule has 1 rings (SSSR count). The van der Waals surface area contributed by atoms with E-state index in [1.807, 2.05) is 20.8 Å². The number of aromatic carboxylic acids is 1.